The minimum atomic E-state index is 0.232. The molecule has 3 rings (SSSR count). The van der Waals surface area contributed by atoms with E-state index in [1.807, 2.05) is 30.3 Å². The highest BCUT2D eigenvalue weighted by Crippen LogP contribution is 2.34. The Morgan fingerprint density at radius 2 is 2.00 bits per heavy atom. The Morgan fingerprint density at radius 3 is 2.72 bits per heavy atom. The lowest BCUT2D eigenvalue weighted by molar-refractivity contribution is 0.125. The van der Waals surface area contributed by atoms with Gasteiger partial charge in [-0.2, -0.15) is 0 Å². The predicted molar refractivity (Wildman–Crippen MR) is 70.8 cm³/mol. The number of nitrogens with zero attached hydrogens (tertiary/aromatic N) is 2. The summed E-state index contributed by atoms with van der Waals surface area (Å²) in [6.45, 7) is 0. The van der Waals surface area contributed by atoms with Crippen LogP contribution in [0.5, 0.6) is 5.75 Å². The summed E-state index contributed by atoms with van der Waals surface area (Å²) in [6, 6.07) is 9.81. The molecule has 0 bridgehead atoms. The molecule has 1 heterocycles. The van der Waals surface area contributed by atoms with Gasteiger partial charge < -0.3 is 4.74 Å². The highest BCUT2D eigenvalue weighted by Gasteiger charge is 2.29. The van der Waals surface area contributed by atoms with E-state index in [9.17, 15) is 0 Å². The van der Waals surface area contributed by atoms with Gasteiger partial charge in [0.1, 0.15) is 18.2 Å². The van der Waals surface area contributed by atoms with Gasteiger partial charge in [-0.1, -0.05) is 12.1 Å². The number of hydrogen-bond donors (Lipinski definition) is 0. The normalized spacial score (nSPS) is 22.3. The fourth-order valence-corrected chi connectivity index (χ4v) is 2.41. The first kappa shape index (κ1) is 11.5. The van der Waals surface area contributed by atoms with Crippen molar-refractivity contribution in [2.45, 2.75) is 24.3 Å². The number of ether oxygens (including phenoxy) is 1. The van der Waals surface area contributed by atoms with E-state index < -0.39 is 0 Å². The Hall–Kier alpha value is -1.61. The molecule has 0 N–H and O–H groups in total. The minimum absolute atomic E-state index is 0.232. The maximum absolute atomic E-state index is 5.97. The first-order valence-electron chi connectivity index (χ1n) is 5.99. The zero-order chi connectivity index (χ0) is 12.4. The lowest BCUT2D eigenvalue weighted by Gasteiger charge is -2.31. The molecule has 0 spiro atoms. The quantitative estimate of drug-likeness (QED) is 0.795. The van der Waals surface area contributed by atoms with Crippen molar-refractivity contribution >= 4 is 11.6 Å². The molecular formula is C14H13ClN2O. The lowest BCUT2D eigenvalue weighted by Crippen LogP contribution is -2.34. The molecule has 1 fully saturated rings. The van der Waals surface area contributed by atoms with Gasteiger partial charge in [0.15, 0.2) is 0 Å². The number of halogens is 1. The van der Waals surface area contributed by atoms with Crippen molar-refractivity contribution in [3.8, 4) is 17.0 Å². The van der Waals surface area contributed by atoms with Gasteiger partial charge in [-0.25, -0.2) is 9.97 Å². The van der Waals surface area contributed by atoms with Crippen LogP contribution in [0.25, 0.3) is 11.3 Å². The first-order valence-corrected chi connectivity index (χ1v) is 6.43. The van der Waals surface area contributed by atoms with Crippen molar-refractivity contribution in [3.63, 3.8) is 0 Å². The molecule has 4 heteroatoms. The Kier molecular flexibility index (Phi) is 3.15. The molecule has 1 saturated carbocycles. The fourth-order valence-electron chi connectivity index (χ4n) is 2.01. The molecule has 0 saturated heterocycles. The molecule has 0 unspecified atom stereocenters. The van der Waals surface area contributed by atoms with E-state index in [2.05, 4.69) is 9.97 Å². The molecule has 3 nitrogen and oxygen atoms in total. The third-order valence-electron chi connectivity index (χ3n) is 3.08. The summed E-state index contributed by atoms with van der Waals surface area (Å²) >= 11 is 5.97. The number of aromatic nitrogens is 2. The van der Waals surface area contributed by atoms with Crippen LogP contribution >= 0.6 is 11.6 Å². The van der Waals surface area contributed by atoms with Crippen molar-refractivity contribution in [1.82, 2.24) is 9.97 Å². The Labute approximate surface area is 111 Å². The summed E-state index contributed by atoms with van der Waals surface area (Å²) in [5, 5.41) is 0.265. The van der Waals surface area contributed by atoms with Crippen LogP contribution in [-0.4, -0.2) is 21.4 Å². The molecule has 0 atom stereocenters. The summed E-state index contributed by atoms with van der Waals surface area (Å²) in [6.07, 6.45) is 5.34. The Bertz CT molecular complexity index is 526. The second-order valence-electron chi connectivity index (χ2n) is 4.40. The van der Waals surface area contributed by atoms with Gasteiger partial charge in [0.05, 0.1) is 5.69 Å². The SMILES string of the molecule is ClC1CC(Oc2ccccc2-c2ccncn2)C1. The fraction of sp³-hybridized carbons (Fsp3) is 0.286. The smallest absolute Gasteiger partial charge is 0.129 e. The van der Waals surface area contributed by atoms with Gasteiger partial charge in [-0.05, 0) is 18.2 Å². The molecular weight excluding hydrogens is 248 g/mol. The molecule has 1 aromatic carbocycles. The van der Waals surface area contributed by atoms with Crippen LogP contribution in [0, 0.1) is 0 Å². The number of para-hydroxylation sites is 1. The Balaban J connectivity index is 1.86. The van der Waals surface area contributed by atoms with Crippen LogP contribution in [-0.2, 0) is 0 Å². The predicted octanol–water partition coefficient (Wildman–Crippen LogP) is 3.29. The second-order valence-corrected chi connectivity index (χ2v) is 5.02. The van der Waals surface area contributed by atoms with E-state index in [-0.39, 0.29) is 11.5 Å². The average Bonchev–Trinajstić information content (AvgIpc) is 2.39. The largest absolute Gasteiger partial charge is 0.490 e. The van der Waals surface area contributed by atoms with Crippen molar-refractivity contribution in [3.05, 3.63) is 42.9 Å². The average molecular weight is 261 g/mol. The van der Waals surface area contributed by atoms with Gasteiger partial charge in [-0.3, -0.25) is 0 Å². The molecule has 92 valence electrons. The number of benzene rings is 1. The van der Waals surface area contributed by atoms with E-state index in [1.165, 1.54) is 0 Å². The maximum Gasteiger partial charge on any atom is 0.129 e. The summed E-state index contributed by atoms with van der Waals surface area (Å²) in [5.41, 5.74) is 1.88. The van der Waals surface area contributed by atoms with E-state index in [0.717, 1.165) is 29.8 Å². The monoisotopic (exact) mass is 260 g/mol. The Morgan fingerprint density at radius 1 is 1.17 bits per heavy atom. The summed E-state index contributed by atoms with van der Waals surface area (Å²) in [4.78, 5) is 8.19. The zero-order valence-corrected chi connectivity index (χ0v) is 10.5. The number of alkyl halides is 1. The van der Waals surface area contributed by atoms with Crippen LogP contribution in [0.1, 0.15) is 12.8 Å². The van der Waals surface area contributed by atoms with E-state index in [1.54, 1.807) is 12.5 Å². The second kappa shape index (κ2) is 4.94. The molecule has 1 aliphatic rings. The third kappa shape index (κ3) is 2.31. The first-order chi connectivity index (χ1) is 8.83. The van der Waals surface area contributed by atoms with Gasteiger partial charge >= 0.3 is 0 Å². The molecule has 0 radical (unpaired) electrons. The highest BCUT2D eigenvalue weighted by atomic mass is 35.5. The van der Waals surface area contributed by atoms with Crippen molar-refractivity contribution in [2.75, 3.05) is 0 Å². The molecule has 0 amide bonds. The third-order valence-corrected chi connectivity index (χ3v) is 3.43. The topological polar surface area (TPSA) is 35.0 Å². The molecule has 18 heavy (non-hydrogen) atoms. The van der Waals surface area contributed by atoms with Gasteiger partial charge in [0, 0.05) is 30.0 Å². The van der Waals surface area contributed by atoms with E-state index in [0.29, 0.717) is 0 Å². The molecule has 1 aromatic heterocycles. The van der Waals surface area contributed by atoms with Crippen LogP contribution in [0.15, 0.2) is 42.9 Å². The summed E-state index contributed by atoms with van der Waals surface area (Å²) in [5.74, 6) is 0.866. The minimum Gasteiger partial charge on any atom is -0.490 e. The van der Waals surface area contributed by atoms with Crippen LogP contribution in [0.3, 0.4) is 0 Å². The lowest BCUT2D eigenvalue weighted by atomic mass is 9.95. The van der Waals surface area contributed by atoms with Gasteiger partial charge in [-0.15, -0.1) is 11.6 Å². The molecule has 2 aromatic rings. The van der Waals surface area contributed by atoms with Crippen LogP contribution < -0.4 is 4.74 Å². The van der Waals surface area contributed by atoms with Crippen LogP contribution in [0.2, 0.25) is 0 Å². The van der Waals surface area contributed by atoms with Crippen molar-refractivity contribution in [1.29, 1.82) is 0 Å². The van der Waals surface area contributed by atoms with Crippen LogP contribution in [0.4, 0.5) is 0 Å². The summed E-state index contributed by atoms with van der Waals surface area (Å²) in [7, 11) is 0. The van der Waals surface area contributed by atoms with Gasteiger partial charge in [0.2, 0.25) is 0 Å². The summed E-state index contributed by atoms with van der Waals surface area (Å²) < 4.78 is 5.96. The van der Waals surface area contributed by atoms with Gasteiger partial charge in [0.25, 0.3) is 0 Å². The van der Waals surface area contributed by atoms with Crippen molar-refractivity contribution < 1.29 is 4.74 Å². The highest BCUT2D eigenvalue weighted by molar-refractivity contribution is 6.21. The van der Waals surface area contributed by atoms with E-state index >= 15 is 0 Å². The van der Waals surface area contributed by atoms with E-state index in [4.69, 9.17) is 16.3 Å². The maximum atomic E-state index is 5.97. The van der Waals surface area contributed by atoms with Crippen molar-refractivity contribution in [2.24, 2.45) is 0 Å². The molecule has 0 aliphatic heterocycles. The molecule has 1 aliphatic carbocycles. The zero-order valence-electron chi connectivity index (χ0n) is 9.79. The number of hydrogen-bond acceptors (Lipinski definition) is 3. The number of rotatable bonds is 3. The standard InChI is InChI=1S/C14H13ClN2O/c15-10-7-11(8-10)18-14-4-2-1-3-12(14)13-5-6-16-9-17-13/h1-6,9-11H,7-8H2.